The maximum atomic E-state index is 10.9. The summed E-state index contributed by atoms with van der Waals surface area (Å²) in [5.41, 5.74) is 0. The van der Waals surface area contributed by atoms with Crippen molar-refractivity contribution in [3.63, 3.8) is 0 Å². The standard InChI is InChI=1S/C12H17ClN2O2/c1-3-6-15(8-9(2)12(16)17)11-5-4-10(13)7-14-11/h4-5,7,9H,3,6,8H2,1-2H3,(H,16,17). The van der Waals surface area contributed by atoms with Crippen molar-refractivity contribution in [2.75, 3.05) is 18.0 Å². The Morgan fingerprint density at radius 1 is 1.59 bits per heavy atom. The van der Waals surface area contributed by atoms with E-state index in [1.165, 1.54) is 0 Å². The van der Waals surface area contributed by atoms with Gasteiger partial charge in [-0.1, -0.05) is 25.4 Å². The smallest absolute Gasteiger partial charge is 0.308 e. The Kier molecular flexibility index (Phi) is 5.22. The molecular formula is C12H17ClN2O2. The van der Waals surface area contributed by atoms with Gasteiger partial charge in [0.15, 0.2) is 0 Å². The van der Waals surface area contributed by atoms with E-state index in [1.807, 2.05) is 17.9 Å². The number of anilines is 1. The second-order valence-corrected chi connectivity index (χ2v) is 4.46. The van der Waals surface area contributed by atoms with Crippen LogP contribution in [0.15, 0.2) is 18.3 Å². The topological polar surface area (TPSA) is 53.4 Å². The summed E-state index contributed by atoms with van der Waals surface area (Å²) >= 11 is 5.77. The number of hydrogen-bond donors (Lipinski definition) is 1. The Hall–Kier alpha value is -1.29. The highest BCUT2D eigenvalue weighted by Crippen LogP contribution is 2.16. The van der Waals surface area contributed by atoms with Gasteiger partial charge in [0.2, 0.25) is 0 Å². The summed E-state index contributed by atoms with van der Waals surface area (Å²) in [5, 5.41) is 9.50. The quantitative estimate of drug-likeness (QED) is 0.850. The van der Waals surface area contributed by atoms with Crippen molar-refractivity contribution >= 4 is 23.4 Å². The Morgan fingerprint density at radius 3 is 2.76 bits per heavy atom. The van der Waals surface area contributed by atoms with Crippen molar-refractivity contribution in [2.24, 2.45) is 5.92 Å². The number of pyridine rings is 1. The lowest BCUT2D eigenvalue weighted by Gasteiger charge is -2.24. The maximum absolute atomic E-state index is 10.9. The fraction of sp³-hybridized carbons (Fsp3) is 0.500. The third-order valence-corrected chi connectivity index (χ3v) is 2.67. The molecule has 0 amide bonds. The molecule has 0 radical (unpaired) electrons. The molecule has 0 aliphatic carbocycles. The minimum absolute atomic E-state index is 0.418. The summed E-state index contributed by atoms with van der Waals surface area (Å²) in [7, 11) is 0. The van der Waals surface area contributed by atoms with Gasteiger partial charge in [0.1, 0.15) is 5.82 Å². The van der Waals surface area contributed by atoms with Gasteiger partial charge in [-0.2, -0.15) is 0 Å². The predicted octanol–water partition coefficient (Wildman–Crippen LogP) is 2.67. The molecule has 1 heterocycles. The fourth-order valence-electron chi connectivity index (χ4n) is 1.53. The maximum Gasteiger partial charge on any atom is 0.308 e. The van der Waals surface area contributed by atoms with Gasteiger partial charge in [-0.3, -0.25) is 4.79 Å². The molecule has 17 heavy (non-hydrogen) atoms. The number of aliphatic carboxylic acids is 1. The van der Waals surface area contributed by atoms with Gasteiger partial charge < -0.3 is 10.0 Å². The van der Waals surface area contributed by atoms with Crippen LogP contribution in [0.1, 0.15) is 20.3 Å². The second kappa shape index (κ2) is 6.45. The molecular weight excluding hydrogens is 240 g/mol. The summed E-state index contributed by atoms with van der Waals surface area (Å²) in [4.78, 5) is 17.0. The van der Waals surface area contributed by atoms with Crippen LogP contribution in [0.25, 0.3) is 0 Å². The summed E-state index contributed by atoms with van der Waals surface area (Å²) in [6.45, 7) is 4.99. The van der Waals surface area contributed by atoms with Crippen molar-refractivity contribution < 1.29 is 9.90 Å². The number of carboxylic acid groups (broad SMARTS) is 1. The number of carbonyl (C=O) groups is 1. The molecule has 1 aromatic rings. The molecule has 94 valence electrons. The highest BCUT2D eigenvalue weighted by molar-refractivity contribution is 6.30. The highest BCUT2D eigenvalue weighted by Gasteiger charge is 2.16. The Morgan fingerprint density at radius 2 is 2.29 bits per heavy atom. The van der Waals surface area contributed by atoms with Crippen LogP contribution in [-0.4, -0.2) is 29.1 Å². The molecule has 0 aliphatic rings. The van der Waals surface area contributed by atoms with Crippen LogP contribution >= 0.6 is 11.6 Å². The molecule has 0 spiro atoms. The molecule has 0 aromatic carbocycles. The van der Waals surface area contributed by atoms with Crippen LogP contribution < -0.4 is 4.90 Å². The monoisotopic (exact) mass is 256 g/mol. The average Bonchev–Trinajstić information content (AvgIpc) is 2.29. The number of hydrogen-bond acceptors (Lipinski definition) is 3. The molecule has 0 saturated carbocycles. The van der Waals surface area contributed by atoms with Crippen molar-refractivity contribution in [1.82, 2.24) is 4.98 Å². The van der Waals surface area contributed by atoms with Crippen LogP contribution in [0.4, 0.5) is 5.82 Å². The van der Waals surface area contributed by atoms with E-state index in [0.29, 0.717) is 11.6 Å². The molecule has 1 N–H and O–H groups in total. The van der Waals surface area contributed by atoms with E-state index in [9.17, 15) is 4.79 Å². The zero-order valence-electron chi connectivity index (χ0n) is 10.1. The third kappa shape index (κ3) is 4.23. The van der Waals surface area contributed by atoms with E-state index in [2.05, 4.69) is 4.98 Å². The van der Waals surface area contributed by atoms with Crippen LogP contribution in [-0.2, 0) is 4.79 Å². The van der Waals surface area contributed by atoms with E-state index in [-0.39, 0.29) is 0 Å². The molecule has 1 aromatic heterocycles. The van der Waals surface area contributed by atoms with E-state index < -0.39 is 11.9 Å². The first-order valence-electron chi connectivity index (χ1n) is 5.64. The number of halogens is 1. The van der Waals surface area contributed by atoms with E-state index in [4.69, 9.17) is 16.7 Å². The molecule has 0 bridgehead atoms. The van der Waals surface area contributed by atoms with Gasteiger partial charge in [0.05, 0.1) is 10.9 Å². The zero-order chi connectivity index (χ0) is 12.8. The van der Waals surface area contributed by atoms with Gasteiger partial charge >= 0.3 is 5.97 Å². The Labute approximate surface area is 106 Å². The van der Waals surface area contributed by atoms with Gasteiger partial charge in [-0.25, -0.2) is 4.98 Å². The SMILES string of the molecule is CCCN(CC(C)C(=O)O)c1ccc(Cl)cn1. The molecule has 5 heteroatoms. The minimum Gasteiger partial charge on any atom is -0.481 e. The second-order valence-electron chi connectivity index (χ2n) is 4.02. The lowest BCUT2D eigenvalue weighted by Crippen LogP contribution is -2.33. The predicted molar refractivity (Wildman–Crippen MR) is 68.6 cm³/mol. The molecule has 0 fully saturated rings. The fourth-order valence-corrected chi connectivity index (χ4v) is 1.64. The average molecular weight is 257 g/mol. The first-order chi connectivity index (χ1) is 8.04. The molecule has 0 aliphatic heterocycles. The van der Waals surface area contributed by atoms with E-state index >= 15 is 0 Å². The third-order valence-electron chi connectivity index (χ3n) is 2.45. The van der Waals surface area contributed by atoms with Crippen molar-refractivity contribution in [2.45, 2.75) is 20.3 Å². The molecule has 1 rings (SSSR count). The normalized spacial score (nSPS) is 12.2. The Balaban J connectivity index is 2.78. The first kappa shape index (κ1) is 13.8. The number of carboxylic acids is 1. The lowest BCUT2D eigenvalue weighted by atomic mass is 10.1. The highest BCUT2D eigenvalue weighted by atomic mass is 35.5. The first-order valence-corrected chi connectivity index (χ1v) is 6.01. The molecule has 1 unspecified atom stereocenters. The van der Waals surface area contributed by atoms with Gasteiger partial charge in [-0.05, 0) is 18.6 Å². The largest absolute Gasteiger partial charge is 0.481 e. The van der Waals surface area contributed by atoms with Crippen LogP contribution in [0.5, 0.6) is 0 Å². The number of rotatable bonds is 6. The summed E-state index contributed by atoms with van der Waals surface area (Å²) in [6, 6.07) is 3.57. The zero-order valence-corrected chi connectivity index (χ0v) is 10.8. The number of nitrogens with zero attached hydrogens (tertiary/aromatic N) is 2. The number of aromatic nitrogens is 1. The molecule has 1 atom stereocenters. The van der Waals surface area contributed by atoms with Crippen LogP contribution in [0.3, 0.4) is 0 Å². The van der Waals surface area contributed by atoms with Crippen molar-refractivity contribution in [3.05, 3.63) is 23.4 Å². The van der Waals surface area contributed by atoms with Gasteiger partial charge in [0.25, 0.3) is 0 Å². The summed E-state index contributed by atoms with van der Waals surface area (Å²) in [5.74, 6) is -0.441. The Bertz CT molecular complexity index is 367. The minimum atomic E-state index is -0.792. The van der Waals surface area contributed by atoms with Gasteiger partial charge in [-0.15, -0.1) is 0 Å². The van der Waals surface area contributed by atoms with Gasteiger partial charge in [0, 0.05) is 19.3 Å². The van der Waals surface area contributed by atoms with E-state index in [0.717, 1.165) is 18.8 Å². The lowest BCUT2D eigenvalue weighted by molar-refractivity contribution is -0.140. The van der Waals surface area contributed by atoms with Crippen molar-refractivity contribution in [3.8, 4) is 0 Å². The van der Waals surface area contributed by atoms with E-state index in [1.54, 1.807) is 19.2 Å². The summed E-state index contributed by atoms with van der Waals surface area (Å²) < 4.78 is 0. The van der Waals surface area contributed by atoms with Crippen LogP contribution in [0.2, 0.25) is 5.02 Å². The summed E-state index contributed by atoms with van der Waals surface area (Å²) in [6.07, 6.45) is 2.52. The van der Waals surface area contributed by atoms with Crippen molar-refractivity contribution in [1.29, 1.82) is 0 Å². The molecule has 4 nitrogen and oxygen atoms in total. The molecule has 0 saturated heterocycles. The van der Waals surface area contributed by atoms with Crippen LogP contribution in [0, 0.1) is 5.92 Å².